The maximum absolute atomic E-state index is 5.94. The molecule has 0 atom stereocenters. The Morgan fingerprint density at radius 2 is 1.70 bits per heavy atom. The molecule has 2 aromatic carbocycles. The average Bonchev–Trinajstić information content (AvgIpc) is 2.49. The summed E-state index contributed by atoms with van der Waals surface area (Å²) in [5.74, 6) is 0. The highest BCUT2D eigenvalue weighted by Gasteiger charge is 2.17. The van der Waals surface area contributed by atoms with Crippen LogP contribution >= 0.6 is 0 Å². The minimum Gasteiger partial charge on any atom is -0.328 e. The van der Waals surface area contributed by atoms with Gasteiger partial charge < -0.3 is 11.1 Å². The van der Waals surface area contributed by atoms with Gasteiger partial charge in [0, 0.05) is 12.1 Å². The van der Waals surface area contributed by atoms with Crippen LogP contribution in [0.2, 0.25) is 0 Å². The Labute approximate surface area is 121 Å². The summed E-state index contributed by atoms with van der Waals surface area (Å²) in [6, 6.07) is 16.5. The molecule has 0 heterocycles. The second-order valence-electron chi connectivity index (χ2n) is 6.00. The highest BCUT2D eigenvalue weighted by atomic mass is 14.9. The quantitative estimate of drug-likeness (QED) is 0.893. The third kappa shape index (κ3) is 3.38. The zero-order valence-electron chi connectivity index (χ0n) is 12.0. The average molecular weight is 268 g/mol. The normalized spacial score (nSPS) is 23.1. The molecule has 0 radical (unpaired) electrons. The predicted octanol–water partition coefficient (Wildman–Crippen LogP) is 3.24. The molecule has 106 valence electrons. The van der Waals surface area contributed by atoms with Gasteiger partial charge >= 0.3 is 0 Å². The number of benzene rings is 2. The number of hydrogen-bond acceptors (Lipinski definition) is 2. The van der Waals surface area contributed by atoms with E-state index in [4.69, 9.17) is 5.73 Å². The summed E-state index contributed by atoms with van der Waals surface area (Å²) in [6.07, 6.45) is 5.92. The molecule has 0 aliphatic heterocycles. The van der Waals surface area contributed by atoms with E-state index in [9.17, 15) is 0 Å². The van der Waals surface area contributed by atoms with Gasteiger partial charge in [0.1, 0.15) is 0 Å². The molecule has 1 fully saturated rings. The van der Waals surface area contributed by atoms with E-state index >= 15 is 0 Å². The maximum Gasteiger partial charge on any atom is 0.00683 e. The lowest BCUT2D eigenvalue weighted by Gasteiger charge is -2.26. The van der Waals surface area contributed by atoms with Crippen LogP contribution in [0.1, 0.15) is 31.2 Å². The van der Waals surface area contributed by atoms with Gasteiger partial charge in [0.25, 0.3) is 0 Å². The zero-order chi connectivity index (χ0) is 13.8. The van der Waals surface area contributed by atoms with Crippen LogP contribution < -0.4 is 11.1 Å². The van der Waals surface area contributed by atoms with Gasteiger partial charge in [0.2, 0.25) is 0 Å². The molecule has 0 saturated heterocycles. The van der Waals surface area contributed by atoms with Crippen molar-refractivity contribution in [2.75, 3.05) is 6.54 Å². The summed E-state index contributed by atoms with van der Waals surface area (Å²) in [4.78, 5) is 0. The topological polar surface area (TPSA) is 38.0 Å². The molecule has 2 aromatic rings. The first-order valence-corrected chi connectivity index (χ1v) is 7.78. The largest absolute Gasteiger partial charge is 0.328 e. The summed E-state index contributed by atoms with van der Waals surface area (Å²) in [5, 5.41) is 6.35. The lowest BCUT2D eigenvalue weighted by Crippen LogP contribution is -2.38. The van der Waals surface area contributed by atoms with Crippen LogP contribution in [0.15, 0.2) is 42.5 Å². The maximum atomic E-state index is 5.94. The Balaban J connectivity index is 1.52. The Bertz CT molecular complexity index is 556. The van der Waals surface area contributed by atoms with Crippen LogP contribution in [0, 0.1) is 0 Å². The first-order valence-electron chi connectivity index (χ1n) is 7.78. The van der Waals surface area contributed by atoms with Crippen LogP contribution in [0.5, 0.6) is 0 Å². The molecule has 1 aliphatic carbocycles. The molecule has 3 N–H and O–H groups in total. The number of fused-ring (bicyclic) bond motifs is 1. The van der Waals surface area contributed by atoms with Crippen molar-refractivity contribution in [3.63, 3.8) is 0 Å². The van der Waals surface area contributed by atoms with Crippen LogP contribution in [-0.4, -0.2) is 18.6 Å². The van der Waals surface area contributed by atoms with Crippen LogP contribution in [0.3, 0.4) is 0 Å². The molecular weight excluding hydrogens is 244 g/mol. The molecule has 1 saturated carbocycles. The van der Waals surface area contributed by atoms with Gasteiger partial charge in [0.15, 0.2) is 0 Å². The van der Waals surface area contributed by atoms with Gasteiger partial charge in [-0.05, 0) is 55.0 Å². The first kappa shape index (κ1) is 13.6. The van der Waals surface area contributed by atoms with Crippen molar-refractivity contribution >= 4 is 10.8 Å². The van der Waals surface area contributed by atoms with Gasteiger partial charge in [0.05, 0.1) is 0 Å². The zero-order valence-corrected chi connectivity index (χ0v) is 12.0. The third-order valence-electron chi connectivity index (χ3n) is 4.43. The Morgan fingerprint density at radius 1 is 0.950 bits per heavy atom. The summed E-state index contributed by atoms with van der Waals surface area (Å²) < 4.78 is 0. The van der Waals surface area contributed by atoms with Crippen molar-refractivity contribution in [2.24, 2.45) is 5.73 Å². The number of nitrogens with one attached hydrogen (secondary N) is 1. The fraction of sp³-hybridized carbons (Fsp3) is 0.444. The molecule has 3 rings (SSSR count). The molecule has 20 heavy (non-hydrogen) atoms. The standard InChI is InChI=1S/C18H24N2/c19-17-7-9-18(10-8-17)20-12-11-14-5-6-15-3-1-2-4-16(15)13-14/h1-6,13,17-18,20H,7-12,19H2. The van der Waals surface area contributed by atoms with E-state index in [0.29, 0.717) is 12.1 Å². The molecule has 2 nitrogen and oxygen atoms in total. The predicted molar refractivity (Wildman–Crippen MR) is 85.9 cm³/mol. The monoisotopic (exact) mass is 268 g/mol. The van der Waals surface area contributed by atoms with Crippen LogP contribution in [0.25, 0.3) is 10.8 Å². The van der Waals surface area contributed by atoms with E-state index in [2.05, 4.69) is 47.8 Å². The second-order valence-corrected chi connectivity index (χ2v) is 6.00. The summed E-state index contributed by atoms with van der Waals surface area (Å²) >= 11 is 0. The molecular formula is C18H24N2. The van der Waals surface area contributed by atoms with E-state index in [-0.39, 0.29) is 0 Å². The molecule has 0 amide bonds. The van der Waals surface area contributed by atoms with Crippen molar-refractivity contribution in [2.45, 2.75) is 44.2 Å². The summed E-state index contributed by atoms with van der Waals surface area (Å²) in [5.41, 5.74) is 7.36. The minimum absolute atomic E-state index is 0.438. The number of rotatable bonds is 4. The van der Waals surface area contributed by atoms with Crippen molar-refractivity contribution < 1.29 is 0 Å². The van der Waals surface area contributed by atoms with Crippen LogP contribution in [0.4, 0.5) is 0 Å². The second kappa shape index (κ2) is 6.38. The van der Waals surface area contributed by atoms with Gasteiger partial charge in [-0.25, -0.2) is 0 Å². The van der Waals surface area contributed by atoms with E-state index in [0.717, 1.165) is 13.0 Å². The Hall–Kier alpha value is -1.38. The molecule has 0 spiro atoms. The first-order chi connectivity index (χ1) is 9.81. The smallest absolute Gasteiger partial charge is 0.00683 e. The Morgan fingerprint density at radius 3 is 2.50 bits per heavy atom. The van der Waals surface area contributed by atoms with Crippen molar-refractivity contribution in [3.8, 4) is 0 Å². The lowest BCUT2D eigenvalue weighted by molar-refractivity contribution is 0.344. The fourth-order valence-corrected chi connectivity index (χ4v) is 3.14. The highest BCUT2D eigenvalue weighted by Crippen LogP contribution is 2.18. The van der Waals surface area contributed by atoms with Gasteiger partial charge in [-0.15, -0.1) is 0 Å². The van der Waals surface area contributed by atoms with E-state index in [1.807, 2.05) is 0 Å². The SMILES string of the molecule is NC1CCC(NCCc2ccc3ccccc3c2)CC1. The van der Waals surface area contributed by atoms with Gasteiger partial charge in [-0.3, -0.25) is 0 Å². The summed E-state index contributed by atoms with van der Waals surface area (Å²) in [7, 11) is 0. The number of nitrogens with two attached hydrogens (primary N) is 1. The van der Waals surface area contributed by atoms with Gasteiger partial charge in [-0.1, -0.05) is 42.5 Å². The highest BCUT2D eigenvalue weighted by molar-refractivity contribution is 5.82. The van der Waals surface area contributed by atoms with E-state index in [1.54, 1.807) is 0 Å². The third-order valence-corrected chi connectivity index (χ3v) is 4.43. The van der Waals surface area contributed by atoms with E-state index in [1.165, 1.54) is 42.0 Å². The van der Waals surface area contributed by atoms with Crippen molar-refractivity contribution in [1.29, 1.82) is 0 Å². The minimum atomic E-state index is 0.438. The number of hydrogen-bond donors (Lipinski definition) is 2. The van der Waals surface area contributed by atoms with E-state index < -0.39 is 0 Å². The van der Waals surface area contributed by atoms with Crippen molar-refractivity contribution in [1.82, 2.24) is 5.32 Å². The Kier molecular flexibility index (Phi) is 4.34. The van der Waals surface area contributed by atoms with Gasteiger partial charge in [-0.2, -0.15) is 0 Å². The van der Waals surface area contributed by atoms with Crippen molar-refractivity contribution in [3.05, 3.63) is 48.0 Å². The fourth-order valence-electron chi connectivity index (χ4n) is 3.14. The lowest BCUT2D eigenvalue weighted by atomic mass is 9.92. The molecule has 0 bridgehead atoms. The molecule has 1 aliphatic rings. The van der Waals surface area contributed by atoms with Crippen LogP contribution in [-0.2, 0) is 6.42 Å². The molecule has 2 heteroatoms. The summed E-state index contributed by atoms with van der Waals surface area (Å²) in [6.45, 7) is 1.07. The molecule has 0 unspecified atom stereocenters. The molecule has 0 aromatic heterocycles.